The molecule has 8 nitrogen and oxygen atoms in total. The van der Waals surface area contributed by atoms with Gasteiger partial charge in [-0.3, -0.25) is 14.6 Å². The van der Waals surface area contributed by atoms with Crippen LogP contribution in [-0.4, -0.2) is 47.4 Å². The Bertz CT molecular complexity index is 819. The van der Waals surface area contributed by atoms with Crippen molar-refractivity contribution in [3.8, 4) is 5.75 Å². The van der Waals surface area contributed by atoms with Gasteiger partial charge < -0.3 is 19.4 Å². The van der Waals surface area contributed by atoms with Gasteiger partial charge in [-0.1, -0.05) is 0 Å². The number of H-pyrrole nitrogens is 1. The van der Waals surface area contributed by atoms with Crippen LogP contribution in [0.1, 0.15) is 26.2 Å². The Kier molecular flexibility index (Phi) is 5.06. The number of carbonyl (C=O) groups is 2. The summed E-state index contributed by atoms with van der Waals surface area (Å²) in [5, 5.41) is 2.66. The van der Waals surface area contributed by atoms with Crippen molar-refractivity contribution in [1.29, 1.82) is 0 Å². The van der Waals surface area contributed by atoms with E-state index < -0.39 is 11.8 Å². The summed E-state index contributed by atoms with van der Waals surface area (Å²) in [7, 11) is 0. The zero-order chi connectivity index (χ0) is 17.8. The molecule has 0 bridgehead atoms. The summed E-state index contributed by atoms with van der Waals surface area (Å²) in [6.07, 6.45) is 3.16. The average molecular weight is 347 g/mol. The van der Waals surface area contributed by atoms with Crippen molar-refractivity contribution in [2.45, 2.75) is 32.2 Å². The van der Waals surface area contributed by atoms with Gasteiger partial charge in [0.15, 0.2) is 12.2 Å². The molecule has 134 valence electrons. The summed E-state index contributed by atoms with van der Waals surface area (Å²) in [6.45, 7) is 2.96. The Morgan fingerprint density at radius 2 is 2.08 bits per heavy atom. The van der Waals surface area contributed by atoms with Crippen molar-refractivity contribution >= 4 is 22.9 Å². The lowest BCUT2D eigenvalue weighted by molar-refractivity contribution is -0.137. The van der Waals surface area contributed by atoms with Gasteiger partial charge in [-0.25, -0.2) is 4.79 Å². The third-order valence-corrected chi connectivity index (χ3v) is 4.18. The van der Waals surface area contributed by atoms with Gasteiger partial charge in [0.25, 0.3) is 5.91 Å². The summed E-state index contributed by atoms with van der Waals surface area (Å²) in [5.74, 6) is -0.561. The number of hydrogen-bond acceptors (Lipinski definition) is 5. The number of piperidine rings is 1. The summed E-state index contributed by atoms with van der Waals surface area (Å²) >= 11 is 0. The summed E-state index contributed by atoms with van der Waals surface area (Å²) in [4.78, 5) is 39.7. The van der Waals surface area contributed by atoms with E-state index in [1.165, 1.54) is 0 Å². The van der Waals surface area contributed by atoms with Gasteiger partial charge >= 0.3 is 5.76 Å². The monoisotopic (exact) mass is 347 g/mol. The third-order valence-electron chi connectivity index (χ3n) is 4.18. The number of aromatic amines is 1. The number of carbonyl (C=O) groups excluding carboxylic acids is 2. The lowest BCUT2D eigenvalue weighted by Gasteiger charge is -2.29. The zero-order valence-electron chi connectivity index (χ0n) is 14.0. The van der Waals surface area contributed by atoms with E-state index in [-0.39, 0.29) is 18.4 Å². The Hall–Kier alpha value is -2.77. The first-order valence-corrected chi connectivity index (χ1v) is 8.37. The summed E-state index contributed by atoms with van der Waals surface area (Å²) in [5.41, 5.74) is 0.916. The van der Waals surface area contributed by atoms with E-state index in [9.17, 15) is 14.4 Å². The zero-order valence-corrected chi connectivity index (χ0v) is 14.0. The van der Waals surface area contributed by atoms with Crippen molar-refractivity contribution in [2.24, 2.45) is 0 Å². The number of aromatic nitrogens is 1. The van der Waals surface area contributed by atoms with E-state index in [0.29, 0.717) is 16.8 Å². The van der Waals surface area contributed by atoms with Gasteiger partial charge in [0, 0.05) is 19.2 Å². The molecule has 1 aliphatic heterocycles. The second kappa shape index (κ2) is 7.42. The van der Waals surface area contributed by atoms with E-state index in [4.69, 9.17) is 9.15 Å². The Balaban J connectivity index is 1.51. The van der Waals surface area contributed by atoms with E-state index >= 15 is 0 Å². The van der Waals surface area contributed by atoms with Gasteiger partial charge in [0.2, 0.25) is 5.91 Å². The minimum atomic E-state index is -0.582. The standard InChI is InChI=1S/C17H21N3O5/c1-11(16(22)20-7-3-2-4-8-20)18-15(21)10-24-12-5-6-14-13(9-12)19-17(23)25-14/h5-6,9,11H,2-4,7-8,10H2,1H3,(H,18,21)(H,19,23)/t11-/m0/s1. The fourth-order valence-electron chi connectivity index (χ4n) is 2.90. The number of nitrogens with zero attached hydrogens (tertiary/aromatic N) is 1. The van der Waals surface area contributed by atoms with Crippen LogP contribution >= 0.6 is 0 Å². The van der Waals surface area contributed by atoms with Gasteiger partial charge in [-0.05, 0) is 38.3 Å². The third kappa shape index (κ3) is 4.20. The second-order valence-corrected chi connectivity index (χ2v) is 6.14. The molecule has 1 fully saturated rings. The van der Waals surface area contributed by atoms with Gasteiger partial charge in [0.05, 0.1) is 5.52 Å². The molecule has 1 saturated heterocycles. The average Bonchev–Trinajstić information content (AvgIpc) is 2.99. The minimum Gasteiger partial charge on any atom is -0.484 e. The smallest absolute Gasteiger partial charge is 0.417 e. The van der Waals surface area contributed by atoms with Crippen molar-refractivity contribution in [2.75, 3.05) is 19.7 Å². The maximum Gasteiger partial charge on any atom is 0.417 e. The van der Waals surface area contributed by atoms with E-state index in [2.05, 4.69) is 10.3 Å². The van der Waals surface area contributed by atoms with Gasteiger partial charge in [-0.15, -0.1) is 0 Å². The molecule has 3 rings (SSSR count). The second-order valence-electron chi connectivity index (χ2n) is 6.14. The molecule has 0 unspecified atom stereocenters. The van der Waals surface area contributed by atoms with E-state index in [0.717, 1.165) is 32.4 Å². The van der Waals surface area contributed by atoms with Crippen LogP contribution in [0, 0.1) is 0 Å². The predicted molar refractivity (Wildman–Crippen MR) is 90.4 cm³/mol. The number of likely N-dealkylation sites (tertiary alicyclic amines) is 1. The number of nitrogens with one attached hydrogen (secondary N) is 2. The lowest BCUT2D eigenvalue weighted by atomic mass is 10.1. The lowest BCUT2D eigenvalue weighted by Crippen LogP contribution is -2.49. The van der Waals surface area contributed by atoms with Crippen LogP contribution in [0.2, 0.25) is 0 Å². The molecule has 2 heterocycles. The molecule has 0 saturated carbocycles. The first-order chi connectivity index (χ1) is 12.0. The van der Waals surface area contributed by atoms with Crippen LogP contribution in [0.15, 0.2) is 27.4 Å². The molecule has 1 atom stereocenters. The first-order valence-electron chi connectivity index (χ1n) is 8.37. The van der Waals surface area contributed by atoms with E-state index in [1.54, 1.807) is 30.0 Å². The number of benzene rings is 1. The van der Waals surface area contributed by atoms with Gasteiger partial charge in [0.1, 0.15) is 11.8 Å². The maximum absolute atomic E-state index is 12.3. The van der Waals surface area contributed by atoms with E-state index in [1.807, 2.05) is 0 Å². The van der Waals surface area contributed by atoms with Crippen LogP contribution < -0.4 is 15.8 Å². The first kappa shape index (κ1) is 17.1. The van der Waals surface area contributed by atoms with Crippen molar-refractivity contribution < 1.29 is 18.7 Å². The SMILES string of the molecule is C[C@H](NC(=O)COc1ccc2oc(=O)[nH]c2c1)C(=O)N1CCCCC1. The highest BCUT2D eigenvalue weighted by atomic mass is 16.5. The van der Waals surface area contributed by atoms with Crippen molar-refractivity contribution in [3.05, 3.63) is 28.7 Å². The number of fused-ring (bicyclic) bond motifs is 1. The molecule has 0 radical (unpaired) electrons. The molecular formula is C17H21N3O5. The quantitative estimate of drug-likeness (QED) is 0.840. The Labute approximate surface area is 144 Å². The fourth-order valence-corrected chi connectivity index (χ4v) is 2.90. The van der Waals surface area contributed by atoms with Crippen LogP contribution in [-0.2, 0) is 9.59 Å². The summed E-state index contributed by atoms with van der Waals surface area (Å²) in [6, 6.07) is 4.19. The fraction of sp³-hybridized carbons (Fsp3) is 0.471. The molecule has 8 heteroatoms. The van der Waals surface area contributed by atoms with Crippen LogP contribution in [0.25, 0.3) is 11.1 Å². The molecule has 2 amide bonds. The molecule has 25 heavy (non-hydrogen) atoms. The highest BCUT2D eigenvalue weighted by Gasteiger charge is 2.23. The predicted octanol–water partition coefficient (Wildman–Crippen LogP) is 1.02. The van der Waals surface area contributed by atoms with Crippen LogP contribution in [0.3, 0.4) is 0 Å². The molecule has 1 aliphatic rings. The molecule has 2 aromatic rings. The molecule has 1 aromatic heterocycles. The van der Waals surface area contributed by atoms with Crippen LogP contribution in [0.5, 0.6) is 5.75 Å². The number of rotatable bonds is 5. The normalized spacial score (nSPS) is 15.8. The van der Waals surface area contributed by atoms with Crippen molar-refractivity contribution in [1.82, 2.24) is 15.2 Å². The molecule has 2 N–H and O–H groups in total. The topological polar surface area (TPSA) is 105 Å². The molecular weight excluding hydrogens is 326 g/mol. The number of ether oxygens (including phenoxy) is 1. The highest BCUT2D eigenvalue weighted by molar-refractivity contribution is 5.88. The Morgan fingerprint density at radius 1 is 1.32 bits per heavy atom. The largest absolute Gasteiger partial charge is 0.484 e. The highest BCUT2D eigenvalue weighted by Crippen LogP contribution is 2.18. The number of amides is 2. The van der Waals surface area contributed by atoms with Gasteiger partial charge in [-0.2, -0.15) is 0 Å². The minimum absolute atomic E-state index is 0.0644. The molecule has 1 aromatic carbocycles. The summed E-state index contributed by atoms with van der Waals surface area (Å²) < 4.78 is 10.3. The number of hydrogen-bond donors (Lipinski definition) is 2. The van der Waals surface area contributed by atoms with Crippen LogP contribution in [0.4, 0.5) is 0 Å². The number of oxazole rings is 1. The maximum atomic E-state index is 12.3. The van der Waals surface area contributed by atoms with Crippen molar-refractivity contribution in [3.63, 3.8) is 0 Å². The molecule has 0 spiro atoms. The molecule has 0 aliphatic carbocycles. The Morgan fingerprint density at radius 3 is 2.84 bits per heavy atom.